The highest BCUT2D eigenvalue weighted by molar-refractivity contribution is 5.94. The predicted molar refractivity (Wildman–Crippen MR) is 98.4 cm³/mol. The molecule has 1 aromatic rings. The minimum absolute atomic E-state index is 0.0378. The Morgan fingerprint density at radius 3 is 2.38 bits per heavy atom. The van der Waals surface area contributed by atoms with Gasteiger partial charge in [-0.2, -0.15) is 0 Å². The van der Waals surface area contributed by atoms with Gasteiger partial charge in [0.15, 0.2) is 0 Å². The van der Waals surface area contributed by atoms with Crippen molar-refractivity contribution in [3.05, 3.63) is 29.8 Å². The summed E-state index contributed by atoms with van der Waals surface area (Å²) >= 11 is 0. The van der Waals surface area contributed by atoms with Crippen LogP contribution >= 0.6 is 0 Å². The fourth-order valence-electron chi connectivity index (χ4n) is 4.53. The van der Waals surface area contributed by atoms with Crippen molar-refractivity contribution in [3.8, 4) is 5.75 Å². The Bertz CT molecular complexity index is 669. The number of fused-ring (bicyclic) bond motifs is 1. The SMILES string of the molecule is COc1ccc(C(=O)N2CCN3C(=O)N(C4CCCCC4)C[C@H]3C2)cc1. The van der Waals surface area contributed by atoms with Gasteiger partial charge < -0.3 is 19.4 Å². The summed E-state index contributed by atoms with van der Waals surface area (Å²) in [5.41, 5.74) is 0.674. The Morgan fingerprint density at radius 2 is 1.69 bits per heavy atom. The van der Waals surface area contributed by atoms with E-state index in [-0.39, 0.29) is 18.0 Å². The largest absolute Gasteiger partial charge is 0.497 e. The zero-order valence-corrected chi connectivity index (χ0v) is 15.4. The smallest absolute Gasteiger partial charge is 0.320 e. The average molecular weight is 357 g/mol. The highest BCUT2D eigenvalue weighted by Gasteiger charge is 2.44. The van der Waals surface area contributed by atoms with E-state index in [2.05, 4.69) is 4.90 Å². The Hall–Kier alpha value is -2.24. The van der Waals surface area contributed by atoms with Gasteiger partial charge in [-0.3, -0.25) is 4.79 Å². The molecule has 0 spiro atoms. The molecule has 4 rings (SSSR count). The van der Waals surface area contributed by atoms with Crippen molar-refractivity contribution in [2.45, 2.75) is 44.2 Å². The average Bonchev–Trinajstić information content (AvgIpc) is 3.04. The fraction of sp³-hybridized carbons (Fsp3) is 0.600. The van der Waals surface area contributed by atoms with E-state index >= 15 is 0 Å². The molecule has 3 amide bonds. The highest BCUT2D eigenvalue weighted by Crippen LogP contribution is 2.29. The van der Waals surface area contributed by atoms with Crippen LogP contribution in [0.4, 0.5) is 4.79 Å². The number of hydrogen-bond acceptors (Lipinski definition) is 3. The number of urea groups is 1. The van der Waals surface area contributed by atoms with Crippen molar-refractivity contribution in [3.63, 3.8) is 0 Å². The number of methoxy groups -OCH3 is 1. The van der Waals surface area contributed by atoms with Gasteiger partial charge in [-0.1, -0.05) is 19.3 Å². The summed E-state index contributed by atoms with van der Waals surface area (Å²) < 4.78 is 5.16. The van der Waals surface area contributed by atoms with Crippen LogP contribution in [0.5, 0.6) is 5.75 Å². The van der Waals surface area contributed by atoms with Crippen molar-refractivity contribution in [2.75, 3.05) is 33.3 Å². The summed E-state index contributed by atoms with van der Waals surface area (Å²) in [6, 6.07) is 7.94. The third-order valence-corrected chi connectivity index (χ3v) is 6.02. The van der Waals surface area contributed by atoms with E-state index in [9.17, 15) is 9.59 Å². The molecule has 0 bridgehead atoms. The van der Waals surface area contributed by atoms with Gasteiger partial charge in [-0.15, -0.1) is 0 Å². The number of carbonyl (C=O) groups excluding carboxylic acids is 2. The third kappa shape index (κ3) is 3.13. The predicted octanol–water partition coefficient (Wildman–Crippen LogP) is 2.59. The lowest BCUT2D eigenvalue weighted by Gasteiger charge is -2.36. The zero-order valence-electron chi connectivity index (χ0n) is 15.4. The van der Waals surface area contributed by atoms with Gasteiger partial charge in [-0.25, -0.2) is 4.79 Å². The van der Waals surface area contributed by atoms with E-state index in [1.54, 1.807) is 7.11 Å². The van der Waals surface area contributed by atoms with Gasteiger partial charge in [0.1, 0.15) is 5.75 Å². The molecule has 3 fully saturated rings. The Labute approximate surface area is 154 Å². The van der Waals surface area contributed by atoms with E-state index in [1.165, 1.54) is 19.3 Å². The summed E-state index contributed by atoms with van der Waals surface area (Å²) in [5.74, 6) is 0.784. The molecule has 1 aromatic carbocycles. The van der Waals surface area contributed by atoms with E-state index in [1.807, 2.05) is 34.1 Å². The van der Waals surface area contributed by atoms with Crippen LogP contribution in [0.25, 0.3) is 0 Å². The van der Waals surface area contributed by atoms with Crippen LogP contribution in [0.1, 0.15) is 42.5 Å². The first-order chi connectivity index (χ1) is 12.7. The molecule has 1 aliphatic carbocycles. The normalized spacial score (nSPS) is 24.0. The molecule has 0 radical (unpaired) electrons. The standard InChI is InChI=1S/C20H27N3O3/c1-26-18-9-7-15(8-10-18)19(24)21-11-12-22-17(13-21)14-23(20(22)25)16-5-3-2-4-6-16/h7-10,16-17H,2-6,11-14H2,1H3/t17-/m1/s1. The van der Waals surface area contributed by atoms with Gasteiger partial charge >= 0.3 is 6.03 Å². The summed E-state index contributed by atoms with van der Waals surface area (Å²) in [4.78, 5) is 31.6. The first-order valence-corrected chi connectivity index (χ1v) is 9.68. The molecule has 140 valence electrons. The van der Waals surface area contributed by atoms with E-state index in [0.29, 0.717) is 31.2 Å². The third-order valence-electron chi connectivity index (χ3n) is 6.02. The number of amides is 3. The molecule has 3 aliphatic rings. The minimum Gasteiger partial charge on any atom is -0.497 e. The van der Waals surface area contributed by atoms with Gasteiger partial charge in [0.25, 0.3) is 5.91 Å². The Kier molecular flexibility index (Phi) is 4.74. The number of benzene rings is 1. The van der Waals surface area contributed by atoms with Crippen LogP contribution in [-0.4, -0.2) is 72.0 Å². The molecule has 26 heavy (non-hydrogen) atoms. The van der Waals surface area contributed by atoms with Crippen molar-refractivity contribution in [2.24, 2.45) is 0 Å². The van der Waals surface area contributed by atoms with E-state index < -0.39 is 0 Å². The molecule has 6 heteroatoms. The van der Waals surface area contributed by atoms with Crippen molar-refractivity contribution in [1.29, 1.82) is 0 Å². The molecule has 0 aromatic heterocycles. The van der Waals surface area contributed by atoms with Crippen LogP contribution in [0, 0.1) is 0 Å². The summed E-state index contributed by atoms with van der Waals surface area (Å²) in [7, 11) is 1.62. The molecule has 2 aliphatic heterocycles. The van der Waals surface area contributed by atoms with Crippen LogP contribution in [-0.2, 0) is 0 Å². The monoisotopic (exact) mass is 357 g/mol. The number of hydrogen-bond donors (Lipinski definition) is 0. The first-order valence-electron chi connectivity index (χ1n) is 9.68. The number of rotatable bonds is 3. The quantitative estimate of drug-likeness (QED) is 0.835. The fourth-order valence-corrected chi connectivity index (χ4v) is 4.53. The molecule has 2 saturated heterocycles. The molecule has 1 saturated carbocycles. The van der Waals surface area contributed by atoms with Crippen LogP contribution in [0.15, 0.2) is 24.3 Å². The molecule has 1 atom stereocenters. The molecule has 0 N–H and O–H groups in total. The molecule has 6 nitrogen and oxygen atoms in total. The van der Waals surface area contributed by atoms with Crippen molar-refractivity contribution < 1.29 is 14.3 Å². The van der Waals surface area contributed by atoms with Gasteiger partial charge in [0.05, 0.1) is 13.2 Å². The second-order valence-corrected chi connectivity index (χ2v) is 7.55. The Balaban J connectivity index is 1.42. The minimum atomic E-state index is 0.0378. The number of piperazine rings is 1. The highest BCUT2D eigenvalue weighted by atomic mass is 16.5. The second kappa shape index (κ2) is 7.17. The zero-order chi connectivity index (χ0) is 18.1. The number of ether oxygens (including phenoxy) is 1. The van der Waals surface area contributed by atoms with E-state index in [0.717, 1.165) is 25.1 Å². The van der Waals surface area contributed by atoms with E-state index in [4.69, 9.17) is 4.74 Å². The van der Waals surface area contributed by atoms with Gasteiger partial charge in [0, 0.05) is 37.8 Å². The first kappa shape index (κ1) is 17.2. The van der Waals surface area contributed by atoms with Crippen molar-refractivity contribution in [1.82, 2.24) is 14.7 Å². The van der Waals surface area contributed by atoms with Crippen LogP contribution in [0.2, 0.25) is 0 Å². The lowest BCUT2D eigenvalue weighted by Crippen LogP contribution is -2.53. The van der Waals surface area contributed by atoms with Crippen molar-refractivity contribution >= 4 is 11.9 Å². The maximum atomic E-state index is 12.8. The number of nitrogens with zero attached hydrogens (tertiary/aromatic N) is 3. The maximum Gasteiger partial charge on any atom is 0.320 e. The van der Waals surface area contributed by atoms with Crippen LogP contribution < -0.4 is 4.74 Å². The topological polar surface area (TPSA) is 53.1 Å². The summed E-state index contributed by atoms with van der Waals surface area (Å²) in [6.45, 7) is 2.62. The molecule has 2 heterocycles. The second-order valence-electron chi connectivity index (χ2n) is 7.55. The lowest BCUT2D eigenvalue weighted by atomic mass is 9.94. The van der Waals surface area contributed by atoms with Gasteiger partial charge in [0.2, 0.25) is 0 Å². The lowest BCUT2D eigenvalue weighted by molar-refractivity contribution is 0.0617. The van der Waals surface area contributed by atoms with Crippen LogP contribution in [0.3, 0.4) is 0 Å². The molecular weight excluding hydrogens is 330 g/mol. The summed E-state index contributed by atoms with van der Waals surface area (Å²) in [6.07, 6.45) is 5.99. The Morgan fingerprint density at radius 1 is 0.962 bits per heavy atom. The number of carbonyl (C=O) groups is 2. The maximum absolute atomic E-state index is 12.8. The van der Waals surface area contributed by atoms with Gasteiger partial charge in [-0.05, 0) is 37.1 Å². The summed E-state index contributed by atoms with van der Waals surface area (Å²) in [5, 5.41) is 0. The molecule has 0 unspecified atom stereocenters. The molecular formula is C20H27N3O3.